The van der Waals surface area contributed by atoms with E-state index in [1.54, 1.807) is 12.1 Å². The maximum atomic E-state index is 13.6. The highest BCUT2D eigenvalue weighted by atomic mass is 35.5. The number of nitrogens with two attached hydrogens (primary N) is 1. The van der Waals surface area contributed by atoms with Crippen LogP contribution < -0.4 is 5.73 Å². The molecule has 2 N–H and O–H groups in total. The number of nitrogen functional groups attached to an aromatic ring is 1. The van der Waals surface area contributed by atoms with E-state index in [1.807, 2.05) is 6.92 Å². The Balaban J connectivity index is 2.68. The third-order valence-corrected chi connectivity index (χ3v) is 3.07. The Morgan fingerprint density at radius 1 is 1.47 bits per heavy atom. The van der Waals surface area contributed by atoms with Crippen molar-refractivity contribution in [3.05, 3.63) is 34.0 Å². The van der Waals surface area contributed by atoms with Gasteiger partial charge in [-0.15, -0.1) is 11.3 Å². The van der Waals surface area contributed by atoms with Gasteiger partial charge < -0.3 is 5.73 Å². The average molecular weight is 243 g/mol. The van der Waals surface area contributed by atoms with Crippen molar-refractivity contribution in [1.29, 1.82) is 0 Å². The van der Waals surface area contributed by atoms with Crippen LogP contribution in [0.4, 0.5) is 9.39 Å². The van der Waals surface area contributed by atoms with Crippen LogP contribution in [0.25, 0.3) is 11.3 Å². The van der Waals surface area contributed by atoms with Gasteiger partial charge in [-0.2, -0.15) is 0 Å². The summed E-state index contributed by atoms with van der Waals surface area (Å²) in [5.74, 6) is -0.403. The second-order valence-electron chi connectivity index (χ2n) is 3.04. The smallest absolute Gasteiger partial charge is 0.134 e. The monoisotopic (exact) mass is 242 g/mol. The maximum absolute atomic E-state index is 13.6. The molecular formula is C10H8ClFN2S. The first kappa shape index (κ1) is 10.4. The maximum Gasteiger partial charge on any atom is 0.134 e. The quantitative estimate of drug-likeness (QED) is 0.831. The first-order chi connectivity index (χ1) is 7.09. The molecule has 0 saturated heterocycles. The molecule has 0 aliphatic rings. The van der Waals surface area contributed by atoms with Crippen molar-refractivity contribution in [3.63, 3.8) is 0 Å². The van der Waals surface area contributed by atoms with Gasteiger partial charge in [0, 0.05) is 0 Å². The van der Waals surface area contributed by atoms with Gasteiger partial charge in [0.2, 0.25) is 0 Å². The van der Waals surface area contributed by atoms with Crippen molar-refractivity contribution in [1.82, 2.24) is 4.98 Å². The van der Waals surface area contributed by atoms with Crippen LogP contribution in [0.15, 0.2) is 18.2 Å². The fraction of sp³-hybridized carbons (Fsp3) is 0.100. The third-order valence-electron chi connectivity index (χ3n) is 1.96. The van der Waals surface area contributed by atoms with Gasteiger partial charge in [-0.25, -0.2) is 9.37 Å². The summed E-state index contributed by atoms with van der Waals surface area (Å²) in [6.45, 7) is 1.82. The second-order valence-corrected chi connectivity index (χ2v) is 4.68. The summed E-state index contributed by atoms with van der Waals surface area (Å²) >= 11 is 7.24. The molecule has 0 aliphatic heterocycles. The Kier molecular flexibility index (Phi) is 2.63. The lowest BCUT2D eigenvalue weighted by molar-refractivity contribution is 0.631. The minimum Gasteiger partial charge on any atom is -0.389 e. The van der Waals surface area contributed by atoms with E-state index in [9.17, 15) is 4.39 Å². The van der Waals surface area contributed by atoms with E-state index in [2.05, 4.69) is 4.98 Å². The molecule has 78 valence electrons. The fourth-order valence-corrected chi connectivity index (χ4v) is 2.30. The second kappa shape index (κ2) is 3.79. The normalized spacial score (nSPS) is 10.6. The van der Waals surface area contributed by atoms with E-state index in [0.717, 1.165) is 5.01 Å². The Labute approximate surface area is 95.5 Å². The van der Waals surface area contributed by atoms with Crippen LogP contribution in [-0.4, -0.2) is 4.98 Å². The van der Waals surface area contributed by atoms with Crippen LogP contribution in [-0.2, 0) is 0 Å². The Hall–Kier alpha value is -1.13. The molecule has 0 amide bonds. The highest BCUT2D eigenvalue weighted by molar-refractivity contribution is 7.16. The minimum atomic E-state index is -0.403. The van der Waals surface area contributed by atoms with E-state index >= 15 is 0 Å². The van der Waals surface area contributed by atoms with Crippen LogP contribution in [0.1, 0.15) is 5.01 Å². The van der Waals surface area contributed by atoms with Gasteiger partial charge in [0.05, 0.1) is 15.6 Å². The van der Waals surface area contributed by atoms with Crippen molar-refractivity contribution in [3.8, 4) is 11.3 Å². The summed E-state index contributed by atoms with van der Waals surface area (Å²) in [5.41, 5.74) is 6.45. The van der Waals surface area contributed by atoms with E-state index in [1.165, 1.54) is 17.4 Å². The topological polar surface area (TPSA) is 38.9 Å². The number of halogens is 2. The zero-order valence-corrected chi connectivity index (χ0v) is 9.49. The summed E-state index contributed by atoms with van der Waals surface area (Å²) in [7, 11) is 0. The van der Waals surface area contributed by atoms with Crippen LogP contribution in [0, 0.1) is 12.7 Å². The van der Waals surface area contributed by atoms with Crippen molar-refractivity contribution >= 4 is 27.9 Å². The summed E-state index contributed by atoms with van der Waals surface area (Å²) in [5, 5.41) is 1.60. The molecule has 2 nitrogen and oxygen atoms in total. The van der Waals surface area contributed by atoms with E-state index in [4.69, 9.17) is 17.3 Å². The first-order valence-electron chi connectivity index (χ1n) is 4.27. The number of rotatable bonds is 1. The van der Waals surface area contributed by atoms with Gasteiger partial charge >= 0.3 is 0 Å². The van der Waals surface area contributed by atoms with Gasteiger partial charge in [-0.1, -0.05) is 17.7 Å². The Morgan fingerprint density at radius 2 is 2.20 bits per heavy atom. The number of nitrogens with zero attached hydrogens (tertiary/aromatic N) is 1. The van der Waals surface area contributed by atoms with Gasteiger partial charge in [0.25, 0.3) is 0 Å². The molecule has 0 aliphatic carbocycles. The summed E-state index contributed by atoms with van der Waals surface area (Å²) in [6, 6.07) is 4.51. The van der Waals surface area contributed by atoms with Gasteiger partial charge in [0.15, 0.2) is 0 Å². The van der Waals surface area contributed by atoms with Crippen molar-refractivity contribution in [2.45, 2.75) is 6.92 Å². The molecule has 0 fully saturated rings. The molecule has 0 unspecified atom stereocenters. The molecule has 0 saturated carbocycles. The standard InChI is InChI=1S/C10H8ClFN2S/c1-5-14-9(10(13)15-5)8-6(11)3-2-4-7(8)12/h2-4H,13H2,1H3. The Bertz CT molecular complexity index is 490. The zero-order valence-electron chi connectivity index (χ0n) is 7.92. The Morgan fingerprint density at radius 3 is 2.73 bits per heavy atom. The highest BCUT2D eigenvalue weighted by Gasteiger charge is 2.15. The molecule has 1 aromatic heterocycles. The first-order valence-corrected chi connectivity index (χ1v) is 5.46. The largest absolute Gasteiger partial charge is 0.389 e. The molecule has 15 heavy (non-hydrogen) atoms. The lowest BCUT2D eigenvalue weighted by Gasteiger charge is -2.02. The van der Waals surface area contributed by atoms with Crippen molar-refractivity contribution in [2.24, 2.45) is 0 Å². The average Bonchev–Trinajstić information content (AvgIpc) is 2.45. The molecule has 0 radical (unpaired) electrons. The number of aryl methyl sites for hydroxylation is 1. The van der Waals surface area contributed by atoms with Crippen LogP contribution in [0.3, 0.4) is 0 Å². The van der Waals surface area contributed by atoms with Crippen LogP contribution in [0.2, 0.25) is 5.02 Å². The van der Waals surface area contributed by atoms with E-state index in [0.29, 0.717) is 15.7 Å². The SMILES string of the molecule is Cc1nc(-c2c(F)cccc2Cl)c(N)s1. The van der Waals surface area contributed by atoms with Crippen LogP contribution in [0.5, 0.6) is 0 Å². The summed E-state index contributed by atoms with van der Waals surface area (Å²) in [6.07, 6.45) is 0. The predicted molar refractivity (Wildman–Crippen MR) is 61.7 cm³/mol. The summed E-state index contributed by atoms with van der Waals surface area (Å²) in [4.78, 5) is 4.17. The number of hydrogen-bond acceptors (Lipinski definition) is 3. The van der Waals surface area contributed by atoms with Gasteiger partial charge in [-0.05, 0) is 19.1 Å². The van der Waals surface area contributed by atoms with Crippen molar-refractivity contribution in [2.75, 3.05) is 5.73 Å². The molecule has 0 spiro atoms. The van der Waals surface area contributed by atoms with Crippen molar-refractivity contribution < 1.29 is 4.39 Å². The molecule has 2 aromatic rings. The molecular weight excluding hydrogens is 235 g/mol. The number of hydrogen-bond donors (Lipinski definition) is 1. The van der Waals surface area contributed by atoms with Gasteiger partial charge in [-0.3, -0.25) is 0 Å². The molecule has 5 heteroatoms. The zero-order chi connectivity index (χ0) is 11.0. The lowest BCUT2D eigenvalue weighted by Crippen LogP contribution is -1.90. The highest BCUT2D eigenvalue weighted by Crippen LogP contribution is 2.36. The number of aromatic nitrogens is 1. The predicted octanol–water partition coefficient (Wildman–Crippen LogP) is 3.49. The number of thiazole rings is 1. The molecule has 1 heterocycles. The fourth-order valence-electron chi connectivity index (χ4n) is 1.35. The lowest BCUT2D eigenvalue weighted by atomic mass is 10.1. The van der Waals surface area contributed by atoms with Crippen LogP contribution >= 0.6 is 22.9 Å². The summed E-state index contributed by atoms with van der Waals surface area (Å²) < 4.78 is 13.6. The molecule has 0 bridgehead atoms. The van der Waals surface area contributed by atoms with E-state index < -0.39 is 5.82 Å². The number of anilines is 1. The van der Waals surface area contributed by atoms with Gasteiger partial charge in [0.1, 0.15) is 16.5 Å². The number of benzene rings is 1. The minimum absolute atomic E-state index is 0.279. The van der Waals surface area contributed by atoms with E-state index in [-0.39, 0.29) is 5.56 Å². The third kappa shape index (κ3) is 1.82. The molecule has 0 atom stereocenters. The molecule has 2 rings (SSSR count). The molecule has 1 aromatic carbocycles.